The van der Waals surface area contributed by atoms with Crippen molar-refractivity contribution in [1.29, 1.82) is 0 Å². The van der Waals surface area contributed by atoms with Crippen molar-refractivity contribution in [3.8, 4) is 0 Å². The molecule has 1 aromatic carbocycles. The number of aryl methyl sites for hydroxylation is 1. The van der Waals surface area contributed by atoms with Crippen LogP contribution in [0.15, 0.2) is 29.2 Å². The first kappa shape index (κ1) is 13.1. The Labute approximate surface area is 101 Å². The van der Waals surface area contributed by atoms with Crippen LogP contribution in [0, 0.1) is 6.92 Å². The van der Waals surface area contributed by atoms with Gasteiger partial charge in [0.05, 0.1) is 5.25 Å². The van der Waals surface area contributed by atoms with Gasteiger partial charge in [-0.1, -0.05) is 17.7 Å². The van der Waals surface area contributed by atoms with Gasteiger partial charge in [-0.15, -0.1) is 11.8 Å². The number of benzene rings is 1. The highest BCUT2D eigenvalue weighted by molar-refractivity contribution is 8.00. The fraction of sp³-hybridized carbons (Fsp3) is 0.417. The van der Waals surface area contributed by atoms with Crippen LogP contribution in [-0.4, -0.2) is 30.3 Å². The minimum absolute atomic E-state index is 0.0237. The van der Waals surface area contributed by atoms with E-state index in [-0.39, 0.29) is 11.2 Å². The minimum Gasteiger partial charge on any atom is -0.288 e. The van der Waals surface area contributed by atoms with E-state index in [2.05, 4.69) is 24.5 Å². The molecule has 1 aromatic rings. The van der Waals surface area contributed by atoms with Crippen LogP contribution in [0.2, 0.25) is 0 Å². The van der Waals surface area contributed by atoms with Gasteiger partial charge in [-0.05, 0) is 26.0 Å². The van der Waals surface area contributed by atoms with E-state index in [1.807, 2.05) is 19.1 Å². The van der Waals surface area contributed by atoms with Crippen molar-refractivity contribution in [2.24, 2.45) is 0 Å². The third kappa shape index (κ3) is 4.24. The number of amides is 1. The van der Waals surface area contributed by atoms with E-state index in [0.717, 1.165) is 4.90 Å². The van der Waals surface area contributed by atoms with Crippen molar-refractivity contribution >= 4 is 17.7 Å². The lowest BCUT2D eigenvalue weighted by molar-refractivity contribution is -0.123. The average molecular weight is 238 g/mol. The zero-order valence-corrected chi connectivity index (χ0v) is 11.0. The number of hydrazine groups is 1. The Hall–Kier alpha value is -1.00. The normalized spacial score (nSPS) is 12.6. The largest absolute Gasteiger partial charge is 0.288 e. The first-order valence-electron chi connectivity index (χ1n) is 5.20. The SMILES string of the molecule is Cc1ccc(S[C@H](C)C(=O)NN(C)C)cc1. The molecule has 1 N–H and O–H groups in total. The molecule has 0 saturated carbocycles. The van der Waals surface area contributed by atoms with Crippen molar-refractivity contribution in [1.82, 2.24) is 10.4 Å². The van der Waals surface area contributed by atoms with Crippen LogP contribution in [0.3, 0.4) is 0 Å². The van der Waals surface area contributed by atoms with Gasteiger partial charge in [-0.2, -0.15) is 0 Å². The summed E-state index contributed by atoms with van der Waals surface area (Å²) in [5.41, 5.74) is 3.98. The molecular formula is C12H18N2OS. The molecule has 3 nitrogen and oxygen atoms in total. The second-order valence-corrected chi connectivity index (χ2v) is 5.36. The van der Waals surface area contributed by atoms with Crippen LogP contribution in [-0.2, 0) is 4.79 Å². The number of nitrogens with one attached hydrogen (secondary N) is 1. The third-order valence-electron chi connectivity index (χ3n) is 2.04. The van der Waals surface area contributed by atoms with E-state index in [0.29, 0.717) is 0 Å². The van der Waals surface area contributed by atoms with E-state index in [1.54, 1.807) is 30.9 Å². The molecule has 0 spiro atoms. The highest BCUT2D eigenvalue weighted by atomic mass is 32.2. The lowest BCUT2D eigenvalue weighted by atomic mass is 10.2. The van der Waals surface area contributed by atoms with Crippen molar-refractivity contribution in [2.45, 2.75) is 24.0 Å². The summed E-state index contributed by atoms with van der Waals surface area (Å²) in [4.78, 5) is 12.8. The van der Waals surface area contributed by atoms with Crippen molar-refractivity contribution in [2.75, 3.05) is 14.1 Å². The number of hydrogen-bond donors (Lipinski definition) is 1. The fourth-order valence-corrected chi connectivity index (χ4v) is 2.05. The Morgan fingerprint density at radius 3 is 2.38 bits per heavy atom. The molecule has 88 valence electrons. The molecule has 0 unspecified atom stereocenters. The van der Waals surface area contributed by atoms with Gasteiger partial charge in [0.25, 0.3) is 0 Å². The molecule has 0 aliphatic rings. The van der Waals surface area contributed by atoms with Gasteiger partial charge in [0.1, 0.15) is 0 Å². The molecule has 1 atom stereocenters. The van der Waals surface area contributed by atoms with Crippen LogP contribution in [0.25, 0.3) is 0 Å². The number of thioether (sulfide) groups is 1. The Kier molecular flexibility index (Phi) is 4.83. The van der Waals surface area contributed by atoms with Crippen molar-refractivity contribution < 1.29 is 4.79 Å². The fourth-order valence-electron chi connectivity index (χ4n) is 1.19. The lowest BCUT2D eigenvalue weighted by Crippen LogP contribution is -2.40. The molecule has 0 fully saturated rings. The molecule has 0 aliphatic carbocycles. The summed E-state index contributed by atoms with van der Waals surface area (Å²) in [6.07, 6.45) is 0. The maximum atomic E-state index is 11.7. The monoisotopic (exact) mass is 238 g/mol. The maximum Gasteiger partial charge on any atom is 0.247 e. The van der Waals surface area contributed by atoms with Gasteiger partial charge in [0, 0.05) is 19.0 Å². The third-order valence-corrected chi connectivity index (χ3v) is 3.15. The highest BCUT2D eigenvalue weighted by Crippen LogP contribution is 2.23. The Balaban J connectivity index is 2.53. The molecule has 0 bridgehead atoms. The highest BCUT2D eigenvalue weighted by Gasteiger charge is 2.14. The maximum absolute atomic E-state index is 11.7. The van der Waals surface area contributed by atoms with Gasteiger partial charge in [0.15, 0.2) is 0 Å². The minimum atomic E-state index is -0.0925. The summed E-state index contributed by atoms with van der Waals surface area (Å²) in [5.74, 6) is 0.0237. The molecular weight excluding hydrogens is 220 g/mol. The predicted molar refractivity (Wildman–Crippen MR) is 68.3 cm³/mol. The smallest absolute Gasteiger partial charge is 0.247 e. The van der Waals surface area contributed by atoms with Crippen LogP contribution >= 0.6 is 11.8 Å². The summed E-state index contributed by atoms with van der Waals surface area (Å²) < 4.78 is 0. The topological polar surface area (TPSA) is 32.3 Å². The summed E-state index contributed by atoms with van der Waals surface area (Å²) in [7, 11) is 3.61. The molecule has 4 heteroatoms. The molecule has 1 amide bonds. The van der Waals surface area contributed by atoms with Crippen LogP contribution < -0.4 is 5.43 Å². The Morgan fingerprint density at radius 2 is 1.88 bits per heavy atom. The molecule has 0 heterocycles. The molecule has 16 heavy (non-hydrogen) atoms. The second kappa shape index (κ2) is 5.92. The quantitative estimate of drug-likeness (QED) is 0.644. The summed E-state index contributed by atoms with van der Waals surface area (Å²) in [6, 6.07) is 8.19. The second-order valence-electron chi connectivity index (χ2n) is 3.94. The van der Waals surface area contributed by atoms with E-state index in [1.165, 1.54) is 5.56 Å². The molecule has 0 saturated heterocycles. The predicted octanol–water partition coefficient (Wildman–Crippen LogP) is 2.07. The average Bonchev–Trinajstić information content (AvgIpc) is 2.20. The number of nitrogens with zero attached hydrogens (tertiary/aromatic N) is 1. The summed E-state index contributed by atoms with van der Waals surface area (Å²) >= 11 is 1.56. The van der Waals surface area contributed by atoms with Gasteiger partial charge >= 0.3 is 0 Å². The summed E-state index contributed by atoms with van der Waals surface area (Å²) in [5, 5.41) is 1.57. The molecule has 0 aliphatic heterocycles. The van der Waals surface area contributed by atoms with Gasteiger partial charge in [-0.25, -0.2) is 5.01 Å². The van der Waals surface area contributed by atoms with Crippen LogP contribution in [0.5, 0.6) is 0 Å². The summed E-state index contributed by atoms with van der Waals surface area (Å²) in [6.45, 7) is 3.96. The number of hydrogen-bond acceptors (Lipinski definition) is 3. The molecule has 1 rings (SSSR count). The Morgan fingerprint density at radius 1 is 1.31 bits per heavy atom. The zero-order chi connectivity index (χ0) is 12.1. The van der Waals surface area contributed by atoms with Crippen LogP contribution in [0.4, 0.5) is 0 Å². The van der Waals surface area contributed by atoms with Gasteiger partial charge in [-0.3, -0.25) is 10.2 Å². The van der Waals surface area contributed by atoms with Crippen LogP contribution in [0.1, 0.15) is 12.5 Å². The standard InChI is InChI=1S/C12H18N2OS/c1-9-5-7-11(8-6-9)16-10(2)12(15)13-14(3)4/h5-8,10H,1-4H3,(H,13,15)/t10-/m1/s1. The van der Waals surface area contributed by atoms with E-state index >= 15 is 0 Å². The lowest BCUT2D eigenvalue weighted by Gasteiger charge is -2.16. The first-order chi connectivity index (χ1) is 7.49. The number of rotatable bonds is 4. The van der Waals surface area contributed by atoms with Crippen molar-refractivity contribution in [3.05, 3.63) is 29.8 Å². The molecule has 0 aromatic heterocycles. The van der Waals surface area contributed by atoms with Crippen molar-refractivity contribution in [3.63, 3.8) is 0 Å². The first-order valence-corrected chi connectivity index (χ1v) is 6.08. The zero-order valence-electron chi connectivity index (χ0n) is 10.2. The number of carbonyl (C=O) groups excluding carboxylic acids is 1. The van der Waals surface area contributed by atoms with E-state index in [9.17, 15) is 4.79 Å². The Bertz CT molecular complexity index is 349. The van der Waals surface area contributed by atoms with Gasteiger partial charge in [0.2, 0.25) is 5.91 Å². The van der Waals surface area contributed by atoms with E-state index < -0.39 is 0 Å². The van der Waals surface area contributed by atoms with E-state index in [4.69, 9.17) is 0 Å². The number of carbonyl (C=O) groups is 1. The van der Waals surface area contributed by atoms with Gasteiger partial charge < -0.3 is 0 Å². The molecule has 0 radical (unpaired) electrons.